The molecule has 0 bridgehead atoms. The molecule has 0 spiro atoms. The fourth-order valence-corrected chi connectivity index (χ4v) is 11.3. The van der Waals surface area contributed by atoms with Gasteiger partial charge in [-0.25, -0.2) is 15.0 Å². The maximum absolute atomic E-state index is 5.16. The average Bonchev–Trinajstić information content (AvgIpc) is 3.78. The Morgan fingerprint density at radius 2 is 0.871 bits per heavy atom. The summed E-state index contributed by atoms with van der Waals surface area (Å²) < 4.78 is 2.63. The standard InChI is InChI=1S/C64H42BN5/c1-41-54(46-28-18-29-47(36-46)64-67-62(44-24-10-4-11-25-44)66-63(68-64)45-26-12-5-13-27-45)40-58-60-59(41)53-32-19-31-52-51-30-14-16-34-56(51)70(61(52)53)65(60)55-33-15-17-35-57(55)69(58)50-38-48(42-20-6-2-7-21-42)37-49(39-50)43-22-8-3-9-23-43/h2-40H,1H3. The van der Waals surface area contributed by atoms with Crippen molar-refractivity contribution in [3.05, 3.63) is 242 Å². The number of rotatable bonds is 7. The van der Waals surface area contributed by atoms with Crippen LogP contribution in [0.15, 0.2) is 237 Å². The zero-order valence-corrected chi connectivity index (χ0v) is 38.3. The van der Waals surface area contributed by atoms with Crippen LogP contribution < -0.4 is 15.8 Å². The molecule has 14 rings (SSSR count). The topological polar surface area (TPSA) is 46.8 Å². The molecular formula is C64H42BN5. The monoisotopic (exact) mass is 891 g/mol. The zero-order valence-electron chi connectivity index (χ0n) is 38.3. The zero-order chi connectivity index (χ0) is 46.3. The molecule has 0 atom stereocenters. The van der Waals surface area contributed by atoms with E-state index in [1.165, 1.54) is 60.5 Å². The van der Waals surface area contributed by atoms with E-state index < -0.39 is 0 Å². The number of anilines is 3. The Kier molecular flexibility index (Phi) is 9.14. The van der Waals surface area contributed by atoms with Gasteiger partial charge in [0.25, 0.3) is 0 Å². The molecule has 4 heterocycles. The Bertz CT molecular complexity index is 3900. The molecule has 0 amide bonds. The Balaban J connectivity index is 1.05. The normalized spacial score (nSPS) is 12.3. The van der Waals surface area contributed by atoms with Crippen molar-refractivity contribution in [2.45, 2.75) is 6.92 Å². The van der Waals surface area contributed by atoms with Gasteiger partial charge in [-0.05, 0) is 105 Å². The third-order valence-corrected chi connectivity index (χ3v) is 14.4. The second-order valence-corrected chi connectivity index (χ2v) is 18.4. The van der Waals surface area contributed by atoms with Crippen molar-refractivity contribution in [1.29, 1.82) is 0 Å². The predicted molar refractivity (Wildman–Crippen MR) is 291 cm³/mol. The highest BCUT2D eigenvalue weighted by Crippen LogP contribution is 2.49. The fourth-order valence-electron chi connectivity index (χ4n) is 11.3. The third-order valence-electron chi connectivity index (χ3n) is 14.4. The van der Waals surface area contributed by atoms with Gasteiger partial charge in [0.2, 0.25) is 0 Å². The van der Waals surface area contributed by atoms with Gasteiger partial charge in [-0.2, -0.15) is 0 Å². The van der Waals surface area contributed by atoms with Crippen LogP contribution in [0.25, 0.3) is 100 Å². The molecule has 0 aliphatic carbocycles. The summed E-state index contributed by atoms with van der Waals surface area (Å²) >= 11 is 0. The molecule has 0 unspecified atom stereocenters. The fraction of sp³-hybridized carbons (Fsp3) is 0.0156. The average molecular weight is 892 g/mol. The first-order valence-electron chi connectivity index (χ1n) is 24.0. The Labute approximate surface area is 406 Å². The van der Waals surface area contributed by atoms with E-state index in [0.29, 0.717) is 17.5 Å². The van der Waals surface area contributed by atoms with Crippen molar-refractivity contribution in [3.8, 4) is 78.7 Å². The molecule has 6 heteroatoms. The molecular weight excluding hydrogens is 850 g/mol. The first-order valence-corrected chi connectivity index (χ1v) is 24.0. The largest absolute Gasteiger partial charge is 0.375 e. The summed E-state index contributed by atoms with van der Waals surface area (Å²) in [5.41, 5.74) is 22.0. The summed E-state index contributed by atoms with van der Waals surface area (Å²) in [6.07, 6.45) is 0. The Hall–Kier alpha value is -9.13. The highest BCUT2D eigenvalue weighted by atomic mass is 15.2. The minimum atomic E-state index is -0.0715. The molecule has 2 aliphatic heterocycles. The van der Waals surface area contributed by atoms with Gasteiger partial charge >= 0.3 is 6.85 Å². The van der Waals surface area contributed by atoms with E-state index in [1.54, 1.807) is 0 Å². The quantitative estimate of drug-likeness (QED) is 0.150. The number of nitrogens with zero attached hydrogens (tertiary/aromatic N) is 5. The predicted octanol–water partition coefficient (Wildman–Crippen LogP) is 14.7. The van der Waals surface area contributed by atoms with Crippen LogP contribution in [-0.4, -0.2) is 26.3 Å². The van der Waals surface area contributed by atoms with Gasteiger partial charge < -0.3 is 9.38 Å². The van der Waals surface area contributed by atoms with Crippen molar-refractivity contribution in [2.24, 2.45) is 0 Å². The van der Waals surface area contributed by atoms with E-state index in [4.69, 9.17) is 15.0 Å². The van der Waals surface area contributed by atoms with Crippen LogP contribution in [0.1, 0.15) is 5.56 Å². The minimum absolute atomic E-state index is 0.0715. The van der Waals surface area contributed by atoms with Crippen molar-refractivity contribution in [3.63, 3.8) is 0 Å². The lowest BCUT2D eigenvalue weighted by Gasteiger charge is -2.41. The lowest BCUT2D eigenvalue weighted by molar-refractivity contribution is 1.07. The van der Waals surface area contributed by atoms with Crippen LogP contribution in [0.3, 0.4) is 0 Å². The van der Waals surface area contributed by atoms with Crippen molar-refractivity contribution in [1.82, 2.24) is 19.4 Å². The first-order chi connectivity index (χ1) is 34.6. The highest BCUT2D eigenvalue weighted by Gasteiger charge is 2.43. The van der Waals surface area contributed by atoms with Crippen molar-refractivity contribution >= 4 is 56.6 Å². The number of hydrogen-bond donors (Lipinski definition) is 0. The van der Waals surface area contributed by atoms with Gasteiger partial charge in [0.05, 0.1) is 0 Å². The Morgan fingerprint density at radius 1 is 0.371 bits per heavy atom. The van der Waals surface area contributed by atoms with Gasteiger partial charge in [0.15, 0.2) is 17.5 Å². The van der Waals surface area contributed by atoms with Crippen LogP contribution in [0.2, 0.25) is 0 Å². The van der Waals surface area contributed by atoms with E-state index in [2.05, 4.69) is 216 Å². The number of hydrogen-bond acceptors (Lipinski definition) is 4. The SMILES string of the molecule is Cc1c(-c2cccc(-c3nc(-c4ccccc4)nc(-c4ccccc4)n3)c2)cc2c3c1-c1cccc4c5ccccc5n(c14)B3c1ccccc1N2c1cc(-c2ccccc2)cc(-c2ccccc2)c1. The van der Waals surface area contributed by atoms with Crippen LogP contribution in [-0.2, 0) is 0 Å². The second kappa shape index (κ2) is 16.0. The van der Waals surface area contributed by atoms with Gasteiger partial charge in [0.1, 0.15) is 0 Å². The first kappa shape index (κ1) is 40.0. The molecule has 0 saturated carbocycles. The third kappa shape index (κ3) is 6.30. The van der Waals surface area contributed by atoms with Gasteiger partial charge in [-0.3, -0.25) is 0 Å². The van der Waals surface area contributed by atoms with E-state index >= 15 is 0 Å². The van der Waals surface area contributed by atoms with E-state index in [0.717, 1.165) is 56.0 Å². The van der Waals surface area contributed by atoms with E-state index in [9.17, 15) is 0 Å². The second-order valence-electron chi connectivity index (χ2n) is 18.4. The smallest absolute Gasteiger partial charge is 0.333 e. The lowest BCUT2D eigenvalue weighted by Crippen LogP contribution is -2.56. The number of aromatic nitrogens is 4. The molecule has 0 saturated heterocycles. The summed E-state index contributed by atoms with van der Waals surface area (Å²) in [7, 11) is 0. The molecule has 5 nitrogen and oxygen atoms in total. The number of benzene rings is 10. The van der Waals surface area contributed by atoms with Gasteiger partial charge in [-0.15, -0.1) is 0 Å². The summed E-state index contributed by atoms with van der Waals surface area (Å²) in [6, 6.07) is 85.1. The van der Waals surface area contributed by atoms with Crippen LogP contribution in [0.5, 0.6) is 0 Å². The molecule has 12 aromatic rings. The molecule has 0 N–H and O–H groups in total. The molecule has 10 aromatic carbocycles. The molecule has 2 aliphatic rings. The molecule has 0 fully saturated rings. The molecule has 70 heavy (non-hydrogen) atoms. The number of para-hydroxylation sites is 3. The van der Waals surface area contributed by atoms with Crippen LogP contribution in [0, 0.1) is 6.92 Å². The number of fused-ring (bicyclic) bond motifs is 7. The Morgan fingerprint density at radius 3 is 1.53 bits per heavy atom. The lowest BCUT2D eigenvalue weighted by atomic mass is 9.44. The minimum Gasteiger partial charge on any atom is -0.375 e. The van der Waals surface area contributed by atoms with Crippen molar-refractivity contribution in [2.75, 3.05) is 4.90 Å². The highest BCUT2D eigenvalue weighted by molar-refractivity contribution is 6.90. The van der Waals surface area contributed by atoms with E-state index in [1.807, 2.05) is 36.4 Å². The molecule has 2 aromatic heterocycles. The summed E-state index contributed by atoms with van der Waals surface area (Å²) in [4.78, 5) is 17.9. The van der Waals surface area contributed by atoms with Crippen LogP contribution >= 0.6 is 0 Å². The maximum atomic E-state index is 5.16. The van der Waals surface area contributed by atoms with Crippen molar-refractivity contribution < 1.29 is 0 Å². The summed E-state index contributed by atoms with van der Waals surface area (Å²) in [5, 5.41) is 2.54. The molecule has 326 valence electrons. The van der Waals surface area contributed by atoms with Gasteiger partial charge in [-0.1, -0.05) is 194 Å². The summed E-state index contributed by atoms with van der Waals surface area (Å²) in [5.74, 6) is 1.91. The van der Waals surface area contributed by atoms with Gasteiger partial charge in [0, 0.05) is 61.1 Å². The molecule has 0 radical (unpaired) electrons. The summed E-state index contributed by atoms with van der Waals surface area (Å²) in [6.45, 7) is 2.25. The maximum Gasteiger partial charge on any atom is 0.333 e. The van der Waals surface area contributed by atoms with E-state index in [-0.39, 0.29) is 6.85 Å². The van der Waals surface area contributed by atoms with Crippen LogP contribution in [0.4, 0.5) is 17.1 Å².